The second kappa shape index (κ2) is 12.1. The molecule has 2 aromatic rings. The van der Waals surface area contributed by atoms with Crippen molar-refractivity contribution in [1.29, 1.82) is 0 Å². The standard InChI is InChI=1S/C21H27N5O3.HI/c1-16-7-5-6-8-18(16)15-25(4)21(23-14-20(27)24(2)3)22-13-17-9-11-19(12-10-17)26(28)29;/h5-12H,13-15H2,1-4H3,(H,22,23);1H. The van der Waals surface area contributed by atoms with Crippen LogP contribution in [0.25, 0.3) is 0 Å². The summed E-state index contributed by atoms with van der Waals surface area (Å²) in [4.78, 5) is 30.4. The first kappa shape index (κ1) is 25.3. The van der Waals surface area contributed by atoms with E-state index in [1.165, 1.54) is 28.2 Å². The fraction of sp³-hybridized carbons (Fsp3) is 0.333. The molecule has 0 heterocycles. The number of nitro groups is 1. The Balaban J connectivity index is 0.00000450. The van der Waals surface area contributed by atoms with Crippen molar-refractivity contribution in [3.8, 4) is 0 Å². The number of halogens is 1. The summed E-state index contributed by atoms with van der Waals surface area (Å²) in [5.74, 6) is 0.527. The monoisotopic (exact) mass is 525 g/mol. The lowest BCUT2D eigenvalue weighted by molar-refractivity contribution is -0.384. The SMILES string of the molecule is Cc1ccccc1CN(C)C(=NCc1ccc([N+](=O)[O-])cc1)NCC(=O)N(C)C.I. The molecule has 0 unspecified atom stereocenters. The number of non-ortho nitro benzene ring substituents is 1. The van der Waals surface area contributed by atoms with Crippen LogP contribution >= 0.6 is 24.0 Å². The fourth-order valence-corrected chi connectivity index (χ4v) is 2.63. The first-order valence-corrected chi connectivity index (χ1v) is 9.25. The molecule has 2 rings (SSSR count). The van der Waals surface area contributed by atoms with Gasteiger partial charge in [-0.3, -0.25) is 14.9 Å². The van der Waals surface area contributed by atoms with Gasteiger partial charge in [0.1, 0.15) is 0 Å². The van der Waals surface area contributed by atoms with Gasteiger partial charge in [-0.1, -0.05) is 36.4 Å². The van der Waals surface area contributed by atoms with Crippen molar-refractivity contribution in [2.45, 2.75) is 20.0 Å². The van der Waals surface area contributed by atoms with E-state index in [-0.39, 0.29) is 42.1 Å². The second-order valence-corrected chi connectivity index (χ2v) is 6.99. The highest BCUT2D eigenvalue weighted by molar-refractivity contribution is 14.0. The Morgan fingerprint density at radius 2 is 1.73 bits per heavy atom. The van der Waals surface area contributed by atoms with Crippen LogP contribution in [0.3, 0.4) is 0 Å². The van der Waals surface area contributed by atoms with Gasteiger partial charge in [-0.05, 0) is 23.6 Å². The molecule has 0 aliphatic heterocycles. The molecule has 9 heteroatoms. The topological polar surface area (TPSA) is 91.1 Å². The Morgan fingerprint density at radius 1 is 1.10 bits per heavy atom. The van der Waals surface area contributed by atoms with E-state index < -0.39 is 4.92 Å². The number of aliphatic imine (C=N–C) groups is 1. The van der Waals surface area contributed by atoms with Crippen molar-refractivity contribution >= 4 is 41.5 Å². The largest absolute Gasteiger partial charge is 0.347 e. The number of nitrogens with zero attached hydrogens (tertiary/aromatic N) is 4. The minimum Gasteiger partial charge on any atom is -0.347 e. The van der Waals surface area contributed by atoms with E-state index in [1.807, 2.05) is 24.1 Å². The fourth-order valence-electron chi connectivity index (χ4n) is 2.63. The molecule has 0 spiro atoms. The molecule has 1 amide bonds. The van der Waals surface area contributed by atoms with E-state index in [2.05, 4.69) is 29.4 Å². The Bertz CT molecular complexity index is 884. The lowest BCUT2D eigenvalue weighted by atomic mass is 10.1. The number of carbonyl (C=O) groups is 1. The molecule has 0 fully saturated rings. The van der Waals surface area contributed by atoms with Gasteiger partial charge in [0.15, 0.2) is 5.96 Å². The van der Waals surface area contributed by atoms with Crippen molar-refractivity contribution in [3.05, 3.63) is 75.3 Å². The van der Waals surface area contributed by atoms with Crippen LogP contribution in [0.4, 0.5) is 5.69 Å². The Hall–Kier alpha value is -2.69. The number of nitro benzene ring substituents is 1. The number of hydrogen-bond donors (Lipinski definition) is 1. The smallest absolute Gasteiger partial charge is 0.269 e. The van der Waals surface area contributed by atoms with Gasteiger partial charge in [0.2, 0.25) is 5.91 Å². The lowest BCUT2D eigenvalue weighted by Crippen LogP contribution is -2.43. The van der Waals surface area contributed by atoms with Gasteiger partial charge in [-0.2, -0.15) is 0 Å². The van der Waals surface area contributed by atoms with Crippen LogP contribution in [0.5, 0.6) is 0 Å². The normalized spacial score (nSPS) is 10.7. The number of rotatable bonds is 7. The summed E-state index contributed by atoms with van der Waals surface area (Å²) in [7, 11) is 5.32. The summed E-state index contributed by atoms with van der Waals surface area (Å²) >= 11 is 0. The number of carbonyl (C=O) groups excluding carboxylic acids is 1. The quantitative estimate of drug-likeness (QED) is 0.197. The third-order valence-electron chi connectivity index (χ3n) is 4.49. The number of amides is 1. The zero-order chi connectivity index (χ0) is 21.4. The molecule has 30 heavy (non-hydrogen) atoms. The molecule has 0 saturated carbocycles. The van der Waals surface area contributed by atoms with Gasteiger partial charge in [0, 0.05) is 39.8 Å². The summed E-state index contributed by atoms with van der Waals surface area (Å²) in [5.41, 5.74) is 3.24. The van der Waals surface area contributed by atoms with Crippen LogP contribution in [0.1, 0.15) is 16.7 Å². The van der Waals surface area contributed by atoms with E-state index in [0.29, 0.717) is 19.0 Å². The number of likely N-dealkylation sites (N-methyl/N-ethyl adjacent to an activating group) is 1. The maximum Gasteiger partial charge on any atom is 0.269 e. The molecule has 0 atom stereocenters. The van der Waals surface area contributed by atoms with Crippen molar-refractivity contribution < 1.29 is 9.72 Å². The maximum absolute atomic E-state index is 12.0. The summed E-state index contributed by atoms with van der Waals surface area (Å²) in [6.07, 6.45) is 0. The van der Waals surface area contributed by atoms with Gasteiger partial charge >= 0.3 is 0 Å². The highest BCUT2D eigenvalue weighted by Gasteiger charge is 2.12. The predicted octanol–water partition coefficient (Wildman–Crippen LogP) is 3.19. The van der Waals surface area contributed by atoms with Crippen LogP contribution in [-0.4, -0.2) is 54.3 Å². The van der Waals surface area contributed by atoms with Gasteiger partial charge in [-0.15, -0.1) is 24.0 Å². The van der Waals surface area contributed by atoms with E-state index in [4.69, 9.17) is 0 Å². The molecule has 0 bridgehead atoms. The van der Waals surface area contributed by atoms with Crippen molar-refractivity contribution in [2.24, 2.45) is 4.99 Å². The molecule has 0 aliphatic carbocycles. The molecule has 0 radical (unpaired) electrons. The van der Waals surface area contributed by atoms with Crippen LogP contribution in [0, 0.1) is 17.0 Å². The van der Waals surface area contributed by atoms with Crippen molar-refractivity contribution in [3.63, 3.8) is 0 Å². The average Bonchev–Trinajstić information content (AvgIpc) is 2.69. The van der Waals surface area contributed by atoms with E-state index >= 15 is 0 Å². The third kappa shape index (κ3) is 7.62. The van der Waals surface area contributed by atoms with E-state index in [1.54, 1.807) is 26.2 Å². The van der Waals surface area contributed by atoms with Crippen LogP contribution in [-0.2, 0) is 17.9 Å². The van der Waals surface area contributed by atoms with Crippen LogP contribution in [0.2, 0.25) is 0 Å². The highest BCUT2D eigenvalue weighted by Crippen LogP contribution is 2.13. The van der Waals surface area contributed by atoms with Crippen molar-refractivity contribution in [1.82, 2.24) is 15.1 Å². The minimum absolute atomic E-state index is 0. The van der Waals surface area contributed by atoms with Gasteiger partial charge in [0.25, 0.3) is 5.69 Å². The van der Waals surface area contributed by atoms with Crippen molar-refractivity contribution in [2.75, 3.05) is 27.7 Å². The molecular formula is C21H28IN5O3. The predicted molar refractivity (Wildman–Crippen MR) is 129 cm³/mol. The number of aryl methyl sites for hydroxylation is 1. The Kier molecular flexibility index (Phi) is 10.2. The number of guanidine groups is 1. The van der Waals surface area contributed by atoms with E-state index in [9.17, 15) is 14.9 Å². The average molecular weight is 525 g/mol. The lowest BCUT2D eigenvalue weighted by Gasteiger charge is -2.24. The van der Waals surface area contributed by atoms with Crippen LogP contribution < -0.4 is 5.32 Å². The summed E-state index contributed by atoms with van der Waals surface area (Å²) in [6.45, 7) is 3.16. The van der Waals surface area contributed by atoms with Crippen LogP contribution in [0.15, 0.2) is 53.5 Å². The molecule has 1 N–H and O–H groups in total. The third-order valence-corrected chi connectivity index (χ3v) is 4.49. The summed E-state index contributed by atoms with van der Waals surface area (Å²) in [6, 6.07) is 14.4. The number of benzene rings is 2. The number of hydrogen-bond acceptors (Lipinski definition) is 4. The zero-order valence-corrected chi connectivity index (χ0v) is 20.0. The second-order valence-electron chi connectivity index (χ2n) is 6.99. The van der Waals surface area contributed by atoms with Gasteiger partial charge in [-0.25, -0.2) is 4.99 Å². The summed E-state index contributed by atoms with van der Waals surface area (Å²) in [5, 5.41) is 13.9. The Labute approximate surface area is 194 Å². The van der Waals surface area contributed by atoms with Gasteiger partial charge < -0.3 is 15.1 Å². The van der Waals surface area contributed by atoms with Gasteiger partial charge in [0.05, 0.1) is 18.0 Å². The first-order valence-electron chi connectivity index (χ1n) is 9.25. The maximum atomic E-state index is 12.0. The van der Waals surface area contributed by atoms with E-state index in [0.717, 1.165) is 5.56 Å². The molecule has 162 valence electrons. The summed E-state index contributed by atoms with van der Waals surface area (Å²) < 4.78 is 0. The number of nitrogens with one attached hydrogen (secondary N) is 1. The molecule has 0 aliphatic rings. The molecular weight excluding hydrogens is 497 g/mol. The highest BCUT2D eigenvalue weighted by atomic mass is 127. The Morgan fingerprint density at radius 3 is 2.30 bits per heavy atom. The zero-order valence-electron chi connectivity index (χ0n) is 17.7. The molecule has 0 saturated heterocycles. The molecule has 0 aromatic heterocycles. The molecule has 8 nitrogen and oxygen atoms in total. The molecule has 2 aromatic carbocycles. The first-order chi connectivity index (χ1) is 13.8. The minimum atomic E-state index is -0.428.